The average Bonchev–Trinajstić information content (AvgIpc) is 3.07. The van der Waals surface area contributed by atoms with Crippen molar-refractivity contribution in [3.63, 3.8) is 0 Å². The summed E-state index contributed by atoms with van der Waals surface area (Å²) in [6.07, 6.45) is 0.729. The third-order valence-corrected chi connectivity index (χ3v) is 4.94. The van der Waals surface area contributed by atoms with E-state index in [1.165, 1.54) is 7.11 Å². The maximum Gasteiger partial charge on any atom is 0.329 e. The maximum absolute atomic E-state index is 13.2. The number of benzene rings is 3. The van der Waals surface area contributed by atoms with Crippen molar-refractivity contribution in [3.8, 4) is 0 Å². The number of methoxy groups -OCH3 is 1. The molecule has 0 spiro atoms. The van der Waals surface area contributed by atoms with Crippen LogP contribution in [0.2, 0.25) is 0 Å². The van der Waals surface area contributed by atoms with E-state index >= 15 is 0 Å². The highest BCUT2D eigenvalue weighted by Gasteiger charge is 2.38. The quantitative estimate of drug-likeness (QED) is 0.683. The van der Waals surface area contributed by atoms with Gasteiger partial charge in [-0.2, -0.15) is 0 Å². The van der Waals surface area contributed by atoms with E-state index in [1.807, 2.05) is 66.7 Å². The van der Waals surface area contributed by atoms with E-state index in [9.17, 15) is 9.59 Å². The van der Waals surface area contributed by atoms with Crippen molar-refractivity contribution < 1.29 is 14.3 Å². The molecule has 4 nitrogen and oxygen atoms in total. The van der Waals surface area contributed by atoms with Gasteiger partial charge in [0.25, 0.3) is 0 Å². The molecule has 4 heteroatoms. The van der Waals surface area contributed by atoms with Crippen LogP contribution in [-0.2, 0) is 27.2 Å². The number of esters is 1. The fourth-order valence-corrected chi connectivity index (χ4v) is 3.71. The molecule has 0 aromatic heterocycles. The van der Waals surface area contributed by atoms with E-state index in [0.717, 1.165) is 27.6 Å². The molecule has 1 heterocycles. The minimum atomic E-state index is -0.597. The van der Waals surface area contributed by atoms with Crippen molar-refractivity contribution in [3.05, 3.63) is 77.9 Å². The van der Waals surface area contributed by atoms with Crippen LogP contribution in [0.25, 0.3) is 10.8 Å². The highest BCUT2D eigenvalue weighted by atomic mass is 16.5. The third kappa shape index (κ3) is 2.73. The van der Waals surface area contributed by atoms with Gasteiger partial charge in [-0.3, -0.25) is 9.69 Å². The van der Waals surface area contributed by atoms with E-state index in [4.69, 9.17) is 4.74 Å². The standard InChI is InChI=1S/C22H19NO3/c1-26-22(25)20-13-17-8-3-5-12-19(17)23(20)21(24)14-16-10-6-9-15-7-2-4-11-18(15)16/h2-12,20H,13-14H2,1H3. The summed E-state index contributed by atoms with van der Waals surface area (Å²) in [6.45, 7) is 0. The van der Waals surface area contributed by atoms with Crippen LogP contribution in [0.3, 0.4) is 0 Å². The molecule has 1 atom stereocenters. The first-order valence-electron chi connectivity index (χ1n) is 8.63. The molecule has 0 radical (unpaired) electrons. The second-order valence-corrected chi connectivity index (χ2v) is 6.45. The molecule has 1 unspecified atom stereocenters. The first-order valence-corrected chi connectivity index (χ1v) is 8.63. The van der Waals surface area contributed by atoms with Crippen molar-refractivity contribution >= 4 is 28.3 Å². The summed E-state index contributed by atoms with van der Waals surface area (Å²) in [5, 5.41) is 2.16. The Labute approximate surface area is 152 Å². The molecule has 3 aromatic rings. The summed E-state index contributed by atoms with van der Waals surface area (Å²) in [5.74, 6) is -0.478. The minimum Gasteiger partial charge on any atom is -0.467 e. The van der Waals surface area contributed by atoms with E-state index in [0.29, 0.717) is 6.42 Å². The minimum absolute atomic E-state index is 0.0956. The van der Waals surface area contributed by atoms with Crippen LogP contribution in [0.5, 0.6) is 0 Å². The lowest BCUT2D eigenvalue weighted by Gasteiger charge is -2.24. The molecule has 1 aliphatic heterocycles. The molecule has 0 saturated carbocycles. The second-order valence-electron chi connectivity index (χ2n) is 6.45. The molecule has 3 aromatic carbocycles. The Morgan fingerprint density at radius 1 is 1.00 bits per heavy atom. The van der Waals surface area contributed by atoms with Gasteiger partial charge in [0.2, 0.25) is 5.91 Å². The van der Waals surface area contributed by atoms with Gasteiger partial charge in [-0.25, -0.2) is 4.79 Å². The molecule has 4 rings (SSSR count). The third-order valence-electron chi connectivity index (χ3n) is 4.94. The zero-order chi connectivity index (χ0) is 18.1. The number of nitrogens with zero attached hydrogens (tertiary/aromatic N) is 1. The van der Waals surface area contributed by atoms with Crippen LogP contribution >= 0.6 is 0 Å². The Hall–Kier alpha value is -3.14. The topological polar surface area (TPSA) is 46.6 Å². The van der Waals surface area contributed by atoms with E-state index in [2.05, 4.69) is 0 Å². The number of para-hydroxylation sites is 1. The second kappa shape index (κ2) is 6.64. The van der Waals surface area contributed by atoms with E-state index in [-0.39, 0.29) is 18.3 Å². The molecule has 0 saturated heterocycles. The first-order chi connectivity index (χ1) is 12.7. The van der Waals surface area contributed by atoms with Gasteiger partial charge in [0.05, 0.1) is 13.5 Å². The molecule has 0 bridgehead atoms. The van der Waals surface area contributed by atoms with Crippen LogP contribution in [0, 0.1) is 0 Å². The zero-order valence-electron chi connectivity index (χ0n) is 14.5. The lowest BCUT2D eigenvalue weighted by Crippen LogP contribution is -2.44. The Balaban J connectivity index is 1.70. The van der Waals surface area contributed by atoms with E-state index in [1.54, 1.807) is 4.90 Å². The van der Waals surface area contributed by atoms with Gasteiger partial charge >= 0.3 is 5.97 Å². The number of amides is 1. The number of ether oxygens (including phenoxy) is 1. The van der Waals surface area contributed by atoms with E-state index < -0.39 is 6.04 Å². The van der Waals surface area contributed by atoms with Crippen LogP contribution in [0.4, 0.5) is 5.69 Å². The molecule has 0 N–H and O–H groups in total. The van der Waals surface area contributed by atoms with Gasteiger partial charge in [-0.05, 0) is 28.0 Å². The van der Waals surface area contributed by atoms with Gasteiger partial charge in [0.15, 0.2) is 0 Å². The van der Waals surface area contributed by atoms with Gasteiger partial charge in [-0.15, -0.1) is 0 Å². The molecular weight excluding hydrogens is 326 g/mol. The summed E-state index contributed by atoms with van der Waals surface area (Å²) >= 11 is 0. The van der Waals surface area contributed by atoms with Crippen molar-refractivity contribution in [1.29, 1.82) is 0 Å². The predicted molar refractivity (Wildman–Crippen MR) is 101 cm³/mol. The van der Waals surface area contributed by atoms with Crippen LogP contribution in [0.1, 0.15) is 11.1 Å². The van der Waals surface area contributed by atoms with Crippen molar-refractivity contribution in [2.45, 2.75) is 18.9 Å². The Kier molecular flexibility index (Phi) is 4.17. The lowest BCUT2D eigenvalue weighted by atomic mass is 10.0. The summed E-state index contributed by atoms with van der Waals surface area (Å²) < 4.78 is 4.93. The van der Waals surface area contributed by atoms with Crippen LogP contribution < -0.4 is 4.90 Å². The monoisotopic (exact) mass is 345 g/mol. The molecular formula is C22H19NO3. The van der Waals surface area contributed by atoms with Crippen molar-refractivity contribution in [2.24, 2.45) is 0 Å². The number of rotatable bonds is 3. The summed E-state index contributed by atoms with van der Waals surface area (Å²) in [6, 6.07) is 21.0. The normalized spacial score (nSPS) is 15.7. The van der Waals surface area contributed by atoms with Crippen LogP contribution in [-0.4, -0.2) is 25.0 Å². The molecule has 1 amide bonds. The van der Waals surface area contributed by atoms with Gasteiger partial charge < -0.3 is 4.74 Å². The Morgan fingerprint density at radius 3 is 2.58 bits per heavy atom. The number of fused-ring (bicyclic) bond motifs is 2. The molecule has 1 aliphatic rings. The zero-order valence-corrected chi connectivity index (χ0v) is 14.5. The summed E-state index contributed by atoms with van der Waals surface area (Å²) in [5.41, 5.74) is 2.75. The molecule has 130 valence electrons. The largest absolute Gasteiger partial charge is 0.467 e. The smallest absolute Gasteiger partial charge is 0.329 e. The predicted octanol–water partition coefficient (Wildman–Crippen LogP) is 3.51. The lowest BCUT2D eigenvalue weighted by molar-refractivity contribution is -0.143. The molecule has 0 fully saturated rings. The fourth-order valence-electron chi connectivity index (χ4n) is 3.71. The maximum atomic E-state index is 13.2. The Morgan fingerprint density at radius 2 is 1.73 bits per heavy atom. The number of hydrogen-bond donors (Lipinski definition) is 0. The fraction of sp³-hybridized carbons (Fsp3) is 0.182. The highest BCUT2D eigenvalue weighted by molar-refractivity contribution is 6.04. The van der Waals surface area contributed by atoms with Gasteiger partial charge in [0, 0.05) is 12.1 Å². The number of carbonyl (C=O) groups excluding carboxylic acids is 2. The first kappa shape index (κ1) is 16.3. The number of anilines is 1. The number of carbonyl (C=O) groups is 2. The molecule has 0 aliphatic carbocycles. The van der Waals surface area contributed by atoms with Gasteiger partial charge in [-0.1, -0.05) is 60.7 Å². The average molecular weight is 345 g/mol. The van der Waals surface area contributed by atoms with Crippen LogP contribution in [0.15, 0.2) is 66.7 Å². The number of hydrogen-bond acceptors (Lipinski definition) is 3. The van der Waals surface area contributed by atoms with Crippen molar-refractivity contribution in [1.82, 2.24) is 0 Å². The van der Waals surface area contributed by atoms with Gasteiger partial charge in [0.1, 0.15) is 6.04 Å². The SMILES string of the molecule is COC(=O)C1Cc2ccccc2N1C(=O)Cc1cccc2ccccc12. The Bertz CT molecular complexity index is 990. The van der Waals surface area contributed by atoms with Crippen molar-refractivity contribution in [2.75, 3.05) is 12.0 Å². The highest BCUT2D eigenvalue weighted by Crippen LogP contribution is 2.33. The molecule has 26 heavy (non-hydrogen) atoms. The summed E-state index contributed by atoms with van der Waals surface area (Å²) in [7, 11) is 1.36. The summed E-state index contributed by atoms with van der Waals surface area (Å²) in [4.78, 5) is 27.0.